The SMILES string of the molecule is c1ccc(-c2nc(-c3ccccc3)c3c(-c4ccccc4)c(-c4ccccc4)c4cccnc4c3n2)cc1. The molecule has 178 valence electrons. The van der Waals surface area contributed by atoms with E-state index in [1.165, 1.54) is 0 Å². The number of benzene rings is 5. The second-order valence-electron chi connectivity index (χ2n) is 9.23. The van der Waals surface area contributed by atoms with Gasteiger partial charge in [-0.05, 0) is 22.8 Å². The average Bonchev–Trinajstić information content (AvgIpc) is 3.01. The maximum Gasteiger partial charge on any atom is 0.160 e. The molecule has 0 aliphatic heterocycles. The standard InChI is InChI=1S/C35H23N3/c1-5-14-24(15-6-1)29-28-22-13-23-36-33(28)34-31(30(29)25-16-7-2-8-17-25)32(26-18-9-3-10-19-26)37-35(38-34)27-20-11-4-12-21-27/h1-23H. The second kappa shape index (κ2) is 9.38. The maximum absolute atomic E-state index is 5.23. The number of rotatable bonds is 4. The van der Waals surface area contributed by atoms with Crippen LogP contribution in [0, 0.1) is 0 Å². The van der Waals surface area contributed by atoms with E-state index in [1.54, 1.807) is 0 Å². The van der Waals surface area contributed by atoms with Crippen LogP contribution in [0.3, 0.4) is 0 Å². The van der Waals surface area contributed by atoms with Gasteiger partial charge in [-0.2, -0.15) is 0 Å². The third-order valence-corrected chi connectivity index (χ3v) is 6.91. The van der Waals surface area contributed by atoms with Crippen LogP contribution < -0.4 is 0 Å². The molecule has 0 saturated carbocycles. The van der Waals surface area contributed by atoms with Gasteiger partial charge in [0.2, 0.25) is 0 Å². The monoisotopic (exact) mass is 485 g/mol. The smallest absolute Gasteiger partial charge is 0.160 e. The molecule has 0 unspecified atom stereocenters. The Balaban J connectivity index is 1.75. The zero-order chi connectivity index (χ0) is 25.3. The summed E-state index contributed by atoms with van der Waals surface area (Å²) >= 11 is 0. The zero-order valence-corrected chi connectivity index (χ0v) is 20.6. The zero-order valence-electron chi connectivity index (χ0n) is 20.6. The normalized spacial score (nSPS) is 11.2. The van der Waals surface area contributed by atoms with Crippen molar-refractivity contribution in [3.05, 3.63) is 140 Å². The van der Waals surface area contributed by atoms with Crippen molar-refractivity contribution in [1.29, 1.82) is 0 Å². The van der Waals surface area contributed by atoms with Crippen LogP contribution in [0.1, 0.15) is 0 Å². The molecule has 7 aromatic rings. The van der Waals surface area contributed by atoms with E-state index in [1.807, 2.05) is 36.5 Å². The Hall–Kier alpha value is -5.15. The van der Waals surface area contributed by atoms with Crippen molar-refractivity contribution in [2.24, 2.45) is 0 Å². The summed E-state index contributed by atoms with van der Waals surface area (Å²) in [4.78, 5) is 15.3. The van der Waals surface area contributed by atoms with Crippen LogP contribution in [-0.2, 0) is 0 Å². The summed E-state index contributed by atoms with van der Waals surface area (Å²) < 4.78 is 0. The Morgan fingerprint density at radius 1 is 0.395 bits per heavy atom. The molecule has 0 radical (unpaired) electrons. The fourth-order valence-corrected chi connectivity index (χ4v) is 5.24. The predicted molar refractivity (Wildman–Crippen MR) is 157 cm³/mol. The molecule has 5 aromatic carbocycles. The number of aromatic nitrogens is 3. The number of hydrogen-bond donors (Lipinski definition) is 0. The average molecular weight is 486 g/mol. The Bertz CT molecular complexity index is 1880. The fourth-order valence-electron chi connectivity index (χ4n) is 5.24. The summed E-state index contributed by atoms with van der Waals surface area (Å²) in [5, 5.41) is 2.08. The lowest BCUT2D eigenvalue weighted by atomic mass is 9.86. The first-order valence-corrected chi connectivity index (χ1v) is 12.7. The molecule has 0 N–H and O–H groups in total. The van der Waals surface area contributed by atoms with Gasteiger partial charge in [-0.25, -0.2) is 9.97 Å². The number of pyridine rings is 1. The van der Waals surface area contributed by atoms with Crippen molar-refractivity contribution in [3.8, 4) is 44.9 Å². The summed E-state index contributed by atoms with van der Waals surface area (Å²) in [7, 11) is 0. The van der Waals surface area contributed by atoms with Crippen LogP contribution in [0.25, 0.3) is 66.7 Å². The molecule has 3 heteroatoms. The first-order valence-electron chi connectivity index (χ1n) is 12.7. The van der Waals surface area contributed by atoms with Gasteiger partial charge in [0.1, 0.15) is 5.52 Å². The molecular formula is C35H23N3. The minimum atomic E-state index is 0.690. The molecule has 0 spiro atoms. The van der Waals surface area contributed by atoms with Crippen LogP contribution in [-0.4, -0.2) is 15.0 Å². The Labute approximate surface area is 221 Å². The minimum absolute atomic E-state index is 0.690. The molecule has 0 saturated heterocycles. The molecule has 0 bridgehead atoms. The highest BCUT2D eigenvalue weighted by molar-refractivity contribution is 6.22. The number of fused-ring (bicyclic) bond motifs is 3. The molecule has 38 heavy (non-hydrogen) atoms. The van der Waals surface area contributed by atoms with Crippen LogP contribution in [0.4, 0.5) is 0 Å². The lowest BCUT2D eigenvalue weighted by molar-refractivity contribution is 1.23. The van der Waals surface area contributed by atoms with E-state index in [4.69, 9.17) is 15.0 Å². The lowest BCUT2D eigenvalue weighted by Crippen LogP contribution is -2.00. The van der Waals surface area contributed by atoms with Gasteiger partial charge in [0.15, 0.2) is 5.82 Å². The van der Waals surface area contributed by atoms with Crippen molar-refractivity contribution in [2.45, 2.75) is 0 Å². The molecule has 3 nitrogen and oxygen atoms in total. The molecule has 2 aromatic heterocycles. The first kappa shape index (κ1) is 22.1. The van der Waals surface area contributed by atoms with E-state index >= 15 is 0 Å². The molecule has 2 heterocycles. The molecule has 0 amide bonds. The minimum Gasteiger partial charge on any atom is -0.254 e. The van der Waals surface area contributed by atoms with Gasteiger partial charge < -0.3 is 0 Å². The highest BCUT2D eigenvalue weighted by atomic mass is 14.9. The van der Waals surface area contributed by atoms with E-state index in [-0.39, 0.29) is 0 Å². The Kier molecular flexibility index (Phi) is 5.45. The van der Waals surface area contributed by atoms with Crippen molar-refractivity contribution in [2.75, 3.05) is 0 Å². The first-order chi connectivity index (χ1) is 18.9. The van der Waals surface area contributed by atoms with Gasteiger partial charge in [-0.3, -0.25) is 4.98 Å². The van der Waals surface area contributed by atoms with E-state index in [9.17, 15) is 0 Å². The third-order valence-electron chi connectivity index (χ3n) is 6.91. The fraction of sp³-hybridized carbons (Fsp3) is 0. The maximum atomic E-state index is 5.23. The molecule has 0 aliphatic rings. The van der Waals surface area contributed by atoms with Gasteiger partial charge in [0, 0.05) is 33.7 Å². The summed E-state index contributed by atoms with van der Waals surface area (Å²) in [6.45, 7) is 0. The highest BCUT2D eigenvalue weighted by Gasteiger charge is 2.23. The summed E-state index contributed by atoms with van der Waals surface area (Å²) in [5.41, 5.74) is 9.16. The van der Waals surface area contributed by atoms with Crippen LogP contribution in [0.5, 0.6) is 0 Å². The Morgan fingerprint density at radius 2 is 0.921 bits per heavy atom. The molecule has 0 atom stereocenters. The van der Waals surface area contributed by atoms with Crippen molar-refractivity contribution in [1.82, 2.24) is 15.0 Å². The largest absolute Gasteiger partial charge is 0.254 e. The predicted octanol–water partition coefficient (Wildman–Crippen LogP) is 8.85. The van der Waals surface area contributed by atoms with Crippen LogP contribution in [0.2, 0.25) is 0 Å². The van der Waals surface area contributed by atoms with E-state index in [2.05, 4.69) is 103 Å². The van der Waals surface area contributed by atoms with E-state index in [0.717, 1.165) is 60.9 Å². The van der Waals surface area contributed by atoms with E-state index in [0.29, 0.717) is 5.82 Å². The van der Waals surface area contributed by atoms with Crippen LogP contribution in [0.15, 0.2) is 140 Å². The number of hydrogen-bond acceptors (Lipinski definition) is 3. The van der Waals surface area contributed by atoms with Crippen molar-refractivity contribution in [3.63, 3.8) is 0 Å². The molecule has 7 rings (SSSR count). The van der Waals surface area contributed by atoms with Crippen molar-refractivity contribution < 1.29 is 0 Å². The summed E-state index contributed by atoms with van der Waals surface area (Å²) in [6.07, 6.45) is 1.85. The molecule has 0 aliphatic carbocycles. The second-order valence-corrected chi connectivity index (χ2v) is 9.23. The third kappa shape index (κ3) is 3.73. The molecule has 0 fully saturated rings. The van der Waals surface area contributed by atoms with Crippen LogP contribution >= 0.6 is 0 Å². The topological polar surface area (TPSA) is 38.7 Å². The van der Waals surface area contributed by atoms with E-state index < -0.39 is 0 Å². The van der Waals surface area contributed by atoms with Gasteiger partial charge in [-0.1, -0.05) is 127 Å². The molecular weight excluding hydrogens is 462 g/mol. The van der Waals surface area contributed by atoms with Crippen molar-refractivity contribution >= 4 is 21.8 Å². The van der Waals surface area contributed by atoms with Gasteiger partial charge in [0.05, 0.1) is 11.2 Å². The summed E-state index contributed by atoms with van der Waals surface area (Å²) in [6, 6.07) is 45.9. The Morgan fingerprint density at radius 3 is 1.53 bits per heavy atom. The van der Waals surface area contributed by atoms with Gasteiger partial charge >= 0.3 is 0 Å². The highest BCUT2D eigenvalue weighted by Crippen LogP contribution is 2.46. The summed E-state index contributed by atoms with van der Waals surface area (Å²) in [5.74, 6) is 0.690. The van der Waals surface area contributed by atoms with Gasteiger partial charge in [0.25, 0.3) is 0 Å². The number of nitrogens with zero attached hydrogens (tertiary/aromatic N) is 3. The quantitative estimate of drug-likeness (QED) is 0.234. The van der Waals surface area contributed by atoms with Gasteiger partial charge in [-0.15, -0.1) is 0 Å². The lowest BCUT2D eigenvalue weighted by Gasteiger charge is -2.20.